The second-order valence-corrected chi connectivity index (χ2v) is 4.03. The fraction of sp³-hybridized carbons (Fsp3) is 0.444. The van der Waals surface area contributed by atoms with E-state index in [0.717, 1.165) is 5.75 Å². The van der Waals surface area contributed by atoms with Crippen LogP contribution in [0.3, 0.4) is 0 Å². The van der Waals surface area contributed by atoms with E-state index in [1.165, 1.54) is 17.7 Å². The maximum atomic E-state index is 5.66. The van der Waals surface area contributed by atoms with Gasteiger partial charge < -0.3 is 0 Å². The van der Waals surface area contributed by atoms with Crippen LogP contribution in [0.1, 0.15) is 18.9 Å². The molecule has 0 aliphatic carbocycles. The number of halogens is 1. The zero-order valence-electron chi connectivity index (χ0n) is 7.09. The number of aromatic nitrogens is 1. The van der Waals surface area contributed by atoms with E-state index in [2.05, 4.69) is 11.9 Å². The third kappa shape index (κ3) is 3.46. The Bertz CT molecular complexity index is 222. The Kier molecular flexibility index (Phi) is 4.48. The lowest BCUT2D eigenvalue weighted by molar-refractivity contribution is 1.10. The van der Waals surface area contributed by atoms with Crippen molar-refractivity contribution < 1.29 is 0 Å². The van der Waals surface area contributed by atoms with Crippen molar-refractivity contribution in [2.45, 2.75) is 19.1 Å². The lowest BCUT2D eigenvalue weighted by Crippen LogP contribution is -1.83. The molecular weight excluding hydrogens is 190 g/mol. The molecule has 0 aliphatic rings. The van der Waals surface area contributed by atoms with Gasteiger partial charge in [-0.1, -0.05) is 24.6 Å². The minimum absolute atomic E-state index is 0.569. The molecule has 0 saturated heterocycles. The Morgan fingerprint density at radius 1 is 1.50 bits per heavy atom. The van der Waals surface area contributed by atoms with Crippen LogP contribution in [0, 0.1) is 0 Å². The number of nitrogens with zero attached hydrogens (tertiary/aromatic N) is 1. The first kappa shape index (κ1) is 9.87. The first-order valence-corrected chi connectivity index (χ1v) is 5.54. The van der Waals surface area contributed by atoms with Crippen molar-refractivity contribution in [2.24, 2.45) is 0 Å². The first-order chi connectivity index (χ1) is 5.83. The molecule has 0 spiro atoms. The molecule has 66 valence electrons. The van der Waals surface area contributed by atoms with Crippen LogP contribution in [0.25, 0.3) is 0 Å². The minimum atomic E-state index is 0.569. The van der Waals surface area contributed by atoms with Crippen LogP contribution in [0.5, 0.6) is 0 Å². The van der Waals surface area contributed by atoms with Crippen LogP contribution < -0.4 is 0 Å². The molecule has 0 atom stereocenters. The van der Waals surface area contributed by atoms with Gasteiger partial charge in [0.25, 0.3) is 0 Å². The van der Waals surface area contributed by atoms with Gasteiger partial charge >= 0.3 is 0 Å². The Labute approximate surface area is 82.5 Å². The van der Waals surface area contributed by atoms with Crippen molar-refractivity contribution in [3.05, 3.63) is 29.0 Å². The van der Waals surface area contributed by atoms with E-state index in [0.29, 0.717) is 5.15 Å². The van der Waals surface area contributed by atoms with Gasteiger partial charge in [-0.3, -0.25) is 0 Å². The molecule has 0 aliphatic heterocycles. The summed E-state index contributed by atoms with van der Waals surface area (Å²) in [7, 11) is 0. The number of rotatable bonds is 4. The number of hydrogen-bond acceptors (Lipinski definition) is 2. The fourth-order valence-electron chi connectivity index (χ4n) is 0.826. The second-order valence-electron chi connectivity index (χ2n) is 2.54. The SMILES string of the molecule is CCCSCc1ccc(Cl)nc1. The fourth-order valence-corrected chi connectivity index (χ4v) is 1.78. The van der Waals surface area contributed by atoms with Crippen LogP contribution in [-0.4, -0.2) is 10.7 Å². The summed E-state index contributed by atoms with van der Waals surface area (Å²) in [6.07, 6.45) is 3.07. The summed E-state index contributed by atoms with van der Waals surface area (Å²) in [5, 5.41) is 0.569. The highest BCUT2D eigenvalue weighted by molar-refractivity contribution is 7.98. The van der Waals surface area contributed by atoms with Gasteiger partial charge in [0.2, 0.25) is 0 Å². The average Bonchev–Trinajstić information content (AvgIpc) is 2.09. The molecule has 1 nitrogen and oxygen atoms in total. The molecule has 0 saturated carbocycles. The van der Waals surface area contributed by atoms with E-state index >= 15 is 0 Å². The quantitative estimate of drug-likeness (QED) is 0.547. The van der Waals surface area contributed by atoms with Crippen molar-refractivity contribution in [1.29, 1.82) is 0 Å². The molecule has 0 fully saturated rings. The van der Waals surface area contributed by atoms with Gasteiger partial charge in [0.15, 0.2) is 0 Å². The smallest absolute Gasteiger partial charge is 0.129 e. The summed E-state index contributed by atoms with van der Waals surface area (Å²) in [4.78, 5) is 4.01. The van der Waals surface area contributed by atoms with Crippen molar-refractivity contribution in [2.75, 3.05) is 5.75 Å². The topological polar surface area (TPSA) is 12.9 Å². The highest BCUT2D eigenvalue weighted by Crippen LogP contribution is 2.13. The second kappa shape index (κ2) is 5.44. The molecule has 0 amide bonds. The summed E-state index contributed by atoms with van der Waals surface area (Å²) >= 11 is 7.58. The largest absolute Gasteiger partial charge is 0.244 e. The molecule has 1 aromatic rings. The lowest BCUT2D eigenvalue weighted by Gasteiger charge is -1.99. The molecule has 1 rings (SSSR count). The Morgan fingerprint density at radius 3 is 2.92 bits per heavy atom. The van der Waals surface area contributed by atoms with Crippen LogP contribution in [0.4, 0.5) is 0 Å². The summed E-state index contributed by atoms with van der Waals surface area (Å²) in [6, 6.07) is 3.86. The molecule has 0 unspecified atom stereocenters. The Balaban J connectivity index is 2.37. The summed E-state index contributed by atoms with van der Waals surface area (Å²) in [6.45, 7) is 2.19. The maximum Gasteiger partial charge on any atom is 0.129 e. The van der Waals surface area contributed by atoms with Crippen LogP contribution in [0.2, 0.25) is 5.15 Å². The van der Waals surface area contributed by atoms with Crippen LogP contribution in [0.15, 0.2) is 18.3 Å². The Hall–Kier alpha value is -0.210. The van der Waals surface area contributed by atoms with E-state index in [1.54, 1.807) is 0 Å². The average molecular weight is 202 g/mol. The lowest BCUT2D eigenvalue weighted by atomic mass is 10.3. The third-order valence-corrected chi connectivity index (χ3v) is 2.86. The summed E-state index contributed by atoms with van der Waals surface area (Å²) in [5.41, 5.74) is 1.25. The van der Waals surface area contributed by atoms with Gasteiger partial charge in [0.1, 0.15) is 5.15 Å². The van der Waals surface area contributed by atoms with E-state index in [1.807, 2.05) is 30.1 Å². The highest BCUT2D eigenvalue weighted by Gasteiger charge is 1.93. The Morgan fingerprint density at radius 2 is 2.33 bits per heavy atom. The molecule has 1 heterocycles. The molecule has 1 aromatic heterocycles. The van der Waals surface area contributed by atoms with Gasteiger partial charge in [-0.15, -0.1) is 0 Å². The maximum absolute atomic E-state index is 5.66. The van der Waals surface area contributed by atoms with Crippen molar-refractivity contribution >= 4 is 23.4 Å². The van der Waals surface area contributed by atoms with Gasteiger partial charge in [-0.2, -0.15) is 11.8 Å². The van der Waals surface area contributed by atoms with Gasteiger partial charge in [-0.25, -0.2) is 4.98 Å². The number of pyridine rings is 1. The standard InChI is InChI=1S/C9H12ClNS/c1-2-5-12-7-8-3-4-9(10)11-6-8/h3-4,6H,2,5,7H2,1H3. The molecule has 3 heteroatoms. The van der Waals surface area contributed by atoms with Crippen LogP contribution >= 0.6 is 23.4 Å². The molecular formula is C9H12ClNS. The van der Waals surface area contributed by atoms with Crippen molar-refractivity contribution in [1.82, 2.24) is 4.98 Å². The molecule has 12 heavy (non-hydrogen) atoms. The van der Waals surface area contributed by atoms with Gasteiger partial charge in [0.05, 0.1) is 0 Å². The van der Waals surface area contributed by atoms with Gasteiger partial charge in [0, 0.05) is 11.9 Å². The zero-order chi connectivity index (χ0) is 8.81. The van der Waals surface area contributed by atoms with Crippen molar-refractivity contribution in [3.8, 4) is 0 Å². The van der Waals surface area contributed by atoms with Gasteiger partial charge in [-0.05, 0) is 23.8 Å². The normalized spacial score (nSPS) is 10.2. The molecule has 0 aromatic carbocycles. The highest BCUT2D eigenvalue weighted by atomic mass is 35.5. The van der Waals surface area contributed by atoms with Crippen LogP contribution in [-0.2, 0) is 5.75 Å². The predicted octanol–water partition coefficient (Wildman–Crippen LogP) is 3.38. The zero-order valence-corrected chi connectivity index (χ0v) is 8.66. The summed E-state index contributed by atoms with van der Waals surface area (Å²) < 4.78 is 0. The number of hydrogen-bond donors (Lipinski definition) is 0. The van der Waals surface area contributed by atoms with E-state index in [9.17, 15) is 0 Å². The molecule has 0 radical (unpaired) electrons. The predicted molar refractivity (Wildman–Crippen MR) is 55.7 cm³/mol. The monoisotopic (exact) mass is 201 g/mol. The third-order valence-electron chi connectivity index (χ3n) is 1.41. The number of thioether (sulfide) groups is 1. The van der Waals surface area contributed by atoms with E-state index in [4.69, 9.17) is 11.6 Å². The first-order valence-electron chi connectivity index (χ1n) is 4.01. The van der Waals surface area contributed by atoms with E-state index < -0.39 is 0 Å². The van der Waals surface area contributed by atoms with E-state index in [-0.39, 0.29) is 0 Å². The molecule has 0 bridgehead atoms. The minimum Gasteiger partial charge on any atom is -0.244 e. The summed E-state index contributed by atoms with van der Waals surface area (Å²) in [5.74, 6) is 2.25. The molecule has 0 N–H and O–H groups in total. The van der Waals surface area contributed by atoms with Crippen molar-refractivity contribution in [3.63, 3.8) is 0 Å².